The molecule has 3 nitrogen and oxygen atoms in total. The smallest absolute Gasteiger partial charge is 0.143 e. The molecule has 0 fully saturated rings. The second-order valence-electron chi connectivity index (χ2n) is 16.5. The molecule has 13 rings (SSSR count). The molecule has 3 heteroatoms. The molecular weight excluding hydrogens is 765 g/mol. The minimum Gasteiger partial charge on any atom is -0.455 e. The quantitative estimate of drug-likeness (QED) is 0.156. The van der Waals surface area contributed by atoms with Crippen molar-refractivity contribution in [2.24, 2.45) is 0 Å². The van der Waals surface area contributed by atoms with Crippen LogP contribution in [0.4, 0.5) is 17.1 Å². The topological polar surface area (TPSA) is 21.3 Å². The van der Waals surface area contributed by atoms with E-state index in [9.17, 15) is 0 Å². The Morgan fingerprint density at radius 3 is 1.75 bits per heavy atom. The predicted octanol–water partition coefficient (Wildman–Crippen LogP) is 16.9. The molecule has 294 valence electrons. The number of fused-ring (bicyclic) bond motifs is 10. The maximum Gasteiger partial charge on any atom is 0.143 e. The summed E-state index contributed by atoms with van der Waals surface area (Å²) in [6, 6.07) is 83.6. The molecule has 0 aliphatic rings. The summed E-state index contributed by atoms with van der Waals surface area (Å²) in [4.78, 5) is 2.41. The van der Waals surface area contributed by atoms with Crippen LogP contribution in [-0.2, 0) is 0 Å². The maximum atomic E-state index is 6.46. The van der Waals surface area contributed by atoms with Crippen molar-refractivity contribution in [1.29, 1.82) is 0 Å². The zero-order valence-electron chi connectivity index (χ0n) is 34.2. The third kappa shape index (κ3) is 5.67. The van der Waals surface area contributed by atoms with Crippen molar-refractivity contribution in [3.63, 3.8) is 0 Å². The molecule has 0 aliphatic carbocycles. The molecule has 0 bridgehead atoms. The predicted molar refractivity (Wildman–Crippen MR) is 266 cm³/mol. The molecule has 0 unspecified atom stereocenters. The van der Waals surface area contributed by atoms with Crippen LogP contribution in [0.2, 0.25) is 0 Å². The van der Waals surface area contributed by atoms with Crippen molar-refractivity contribution in [2.45, 2.75) is 0 Å². The third-order valence-electron chi connectivity index (χ3n) is 13.0. The first-order chi connectivity index (χ1) is 31.2. The third-order valence-corrected chi connectivity index (χ3v) is 13.0. The van der Waals surface area contributed by atoms with Crippen LogP contribution in [0.15, 0.2) is 235 Å². The number of aromatic nitrogens is 1. The summed E-state index contributed by atoms with van der Waals surface area (Å²) >= 11 is 0. The van der Waals surface area contributed by atoms with E-state index in [2.05, 4.69) is 228 Å². The van der Waals surface area contributed by atoms with Crippen LogP contribution in [0, 0.1) is 0 Å². The molecule has 0 saturated heterocycles. The first-order valence-corrected chi connectivity index (χ1v) is 21.6. The molecule has 11 aromatic carbocycles. The van der Waals surface area contributed by atoms with Gasteiger partial charge < -0.3 is 13.9 Å². The van der Waals surface area contributed by atoms with Gasteiger partial charge in [-0.3, -0.25) is 0 Å². The number of benzene rings is 11. The highest BCUT2D eigenvalue weighted by molar-refractivity contribution is 6.15. The van der Waals surface area contributed by atoms with Crippen LogP contribution in [-0.4, -0.2) is 4.57 Å². The van der Waals surface area contributed by atoms with E-state index in [1.807, 2.05) is 12.1 Å². The van der Waals surface area contributed by atoms with Gasteiger partial charge in [0, 0.05) is 49.6 Å². The van der Waals surface area contributed by atoms with Crippen LogP contribution in [0.5, 0.6) is 0 Å². The van der Waals surface area contributed by atoms with Gasteiger partial charge in [0.1, 0.15) is 11.2 Å². The van der Waals surface area contributed by atoms with Gasteiger partial charge in [-0.25, -0.2) is 0 Å². The van der Waals surface area contributed by atoms with Crippen LogP contribution in [0.1, 0.15) is 0 Å². The Labute approximate surface area is 363 Å². The second-order valence-corrected chi connectivity index (χ2v) is 16.5. The Hall–Kier alpha value is -8.40. The normalized spacial score (nSPS) is 11.8. The summed E-state index contributed by atoms with van der Waals surface area (Å²) in [5.41, 5.74) is 13.2. The van der Waals surface area contributed by atoms with Gasteiger partial charge in [0.05, 0.1) is 16.7 Å². The summed E-state index contributed by atoms with van der Waals surface area (Å²) in [7, 11) is 0. The van der Waals surface area contributed by atoms with Gasteiger partial charge in [0.2, 0.25) is 0 Å². The van der Waals surface area contributed by atoms with Gasteiger partial charge >= 0.3 is 0 Å². The fourth-order valence-corrected chi connectivity index (χ4v) is 9.96. The lowest BCUT2D eigenvalue weighted by molar-refractivity contribution is 0.670. The molecule has 63 heavy (non-hydrogen) atoms. The molecule has 0 atom stereocenters. The largest absolute Gasteiger partial charge is 0.455 e. The molecule has 13 aromatic rings. The van der Waals surface area contributed by atoms with E-state index in [1.54, 1.807) is 0 Å². The Kier molecular flexibility index (Phi) is 7.91. The van der Waals surface area contributed by atoms with Gasteiger partial charge in [0.25, 0.3) is 0 Å². The highest BCUT2D eigenvalue weighted by Gasteiger charge is 2.20. The number of hydrogen-bond donors (Lipinski definition) is 0. The Balaban J connectivity index is 0.935. The monoisotopic (exact) mass is 802 g/mol. The van der Waals surface area contributed by atoms with Crippen molar-refractivity contribution in [3.8, 4) is 27.9 Å². The summed E-state index contributed by atoms with van der Waals surface area (Å²) in [5.74, 6) is 0. The lowest BCUT2D eigenvalue weighted by Gasteiger charge is -2.28. The Morgan fingerprint density at radius 2 is 0.937 bits per heavy atom. The minimum atomic E-state index is 0.905. The van der Waals surface area contributed by atoms with E-state index in [-0.39, 0.29) is 0 Å². The van der Waals surface area contributed by atoms with E-state index < -0.39 is 0 Å². The fourth-order valence-electron chi connectivity index (χ4n) is 9.96. The highest BCUT2D eigenvalue weighted by Crippen LogP contribution is 2.44. The molecule has 2 heterocycles. The number of anilines is 3. The van der Waals surface area contributed by atoms with Gasteiger partial charge in [-0.2, -0.15) is 0 Å². The van der Waals surface area contributed by atoms with E-state index >= 15 is 0 Å². The molecule has 0 spiro atoms. The summed E-state index contributed by atoms with van der Waals surface area (Å²) < 4.78 is 8.86. The maximum absolute atomic E-state index is 6.46. The van der Waals surface area contributed by atoms with Crippen LogP contribution >= 0.6 is 0 Å². The van der Waals surface area contributed by atoms with Crippen LogP contribution in [0.25, 0.3) is 104 Å². The fraction of sp³-hybridized carbons (Fsp3) is 0. The van der Waals surface area contributed by atoms with E-state index in [4.69, 9.17) is 4.42 Å². The molecule has 0 amide bonds. The van der Waals surface area contributed by atoms with E-state index in [0.29, 0.717) is 0 Å². The van der Waals surface area contributed by atoms with E-state index in [0.717, 1.165) is 55.8 Å². The summed E-state index contributed by atoms with van der Waals surface area (Å²) in [6.07, 6.45) is 0. The van der Waals surface area contributed by atoms with Gasteiger partial charge in [-0.05, 0) is 110 Å². The molecular formula is C60H38N2O. The van der Waals surface area contributed by atoms with Crippen LogP contribution in [0.3, 0.4) is 0 Å². The first kappa shape index (κ1) is 35.4. The van der Waals surface area contributed by atoms with E-state index in [1.165, 1.54) is 65.3 Å². The molecule has 0 radical (unpaired) electrons. The molecule has 0 aliphatic heterocycles. The lowest BCUT2D eigenvalue weighted by Crippen LogP contribution is -2.10. The number of furan rings is 1. The minimum absolute atomic E-state index is 0.905. The molecule has 0 saturated carbocycles. The summed E-state index contributed by atoms with van der Waals surface area (Å²) in [6.45, 7) is 0. The zero-order valence-corrected chi connectivity index (χ0v) is 34.2. The standard InChI is InChI=1S/C60H38N2O/c1-2-13-42-36-47(34-26-39(42)12-1)62-56-22-9-7-18-52(56)55-37-43(29-35-57(55)62)40-24-30-45(31-25-40)61(58-38-44-14-3-4-15-48(44)50-16-5-6-17-51(50)58)46-32-27-41(28-33-46)49-20-11-21-54-53-19-8-10-23-59(53)63-60(49)54/h1-38H. The Bertz CT molecular complexity index is 3910. The highest BCUT2D eigenvalue weighted by atomic mass is 16.3. The van der Waals surface area contributed by atoms with Crippen molar-refractivity contribution in [1.82, 2.24) is 4.57 Å². The number of rotatable bonds is 6. The van der Waals surface area contributed by atoms with Crippen molar-refractivity contribution >= 4 is 93.1 Å². The SMILES string of the molecule is c1ccc2cc(-n3c4ccccc4c4cc(-c5ccc(N(c6ccc(-c7cccc8c7oc7ccccc78)cc6)c6cc7ccccc7c7ccccc67)cc5)ccc43)ccc2c1. The van der Waals surface area contributed by atoms with Crippen molar-refractivity contribution in [3.05, 3.63) is 231 Å². The number of hydrogen-bond acceptors (Lipinski definition) is 2. The number of para-hydroxylation sites is 3. The van der Waals surface area contributed by atoms with Crippen molar-refractivity contribution < 1.29 is 4.42 Å². The average Bonchev–Trinajstić information content (AvgIpc) is 3.90. The van der Waals surface area contributed by atoms with Crippen molar-refractivity contribution in [2.75, 3.05) is 4.90 Å². The lowest BCUT2D eigenvalue weighted by atomic mass is 9.98. The van der Waals surface area contributed by atoms with Gasteiger partial charge in [-0.15, -0.1) is 0 Å². The summed E-state index contributed by atoms with van der Waals surface area (Å²) in [5, 5.41) is 12.1. The first-order valence-electron chi connectivity index (χ1n) is 21.6. The van der Waals surface area contributed by atoms with Crippen LogP contribution < -0.4 is 4.90 Å². The Morgan fingerprint density at radius 1 is 0.333 bits per heavy atom. The van der Waals surface area contributed by atoms with Gasteiger partial charge in [0.15, 0.2) is 0 Å². The zero-order chi connectivity index (χ0) is 41.4. The number of nitrogens with zero attached hydrogens (tertiary/aromatic N) is 2. The van der Waals surface area contributed by atoms with Gasteiger partial charge in [-0.1, -0.05) is 164 Å². The molecule has 2 aromatic heterocycles. The second kappa shape index (κ2) is 14.1. The molecule has 0 N–H and O–H groups in total. The average molecular weight is 803 g/mol.